The molecule has 1 saturated heterocycles. The summed E-state index contributed by atoms with van der Waals surface area (Å²) in [5.41, 5.74) is 0. The maximum absolute atomic E-state index is 6.13. The van der Waals surface area contributed by atoms with E-state index in [2.05, 4.69) is 6.92 Å². The van der Waals surface area contributed by atoms with E-state index in [1.54, 1.807) is 20.5 Å². The van der Waals surface area contributed by atoms with Crippen LogP contribution < -0.4 is 0 Å². The second kappa shape index (κ2) is 15.4. The summed E-state index contributed by atoms with van der Waals surface area (Å²) in [6.07, 6.45) is 13.9. The third-order valence-electron chi connectivity index (χ3n) is 4.80. The predicted molar refractivity (Wildman–Crippen MR) is 104 cm³/mol. The summed E-state index contributed by atoms with van der Waals surface area (Å²) in [5.74, 6) is 0. The lowest BCUT2D eigenvalue weighted by Gasteiger charge is -2.34. The van der Waals surface area contributed by atoms with Gasteiger partial charge in [-0.3, -0.25) is 0 Å². The zero-order valence-corrected chi connectivity index (χ0v) is 17.3. The molecule has 154 valence electrons. The van der Waals surface area contributed by atoms with Crippen molar-refractivity contribution < 1.29 is 23.7 Å². The van der Waals surface area contributed by atoms with Crippen molar-refractivity contribution in [3.05, 3.63) is 12.3 Å². The van der Waals surface area contributed by atoms with Crippen LogP contribution in [0.25, 0.3) is 0 Å². The van der Waals surface area contributed by atoms with Crippen LogP contribution in [-0.2, 0) is 23.7 Å². The monoisotopic (exact) mass is 372 g/mol. The van der Waals surface area contributed by atoms with Crippen LogP contribution in [0.5, 0.6) is 0 Å². The topological polar surface area (TPSA) is 46.2 Å². The van der Waals surface area contributed by atoms with Crippen LogP contribution >= 0.6 is 0 Å². The minimum Gasteiger partial charge on any atom is -0.473 e. The Balaban J connectivity index is 2.28. The molecule has 0 spiro atoms. The highest BCUT2D eigenvalue weighted by molar-refractivity contribution is 4.77. The molecule has 4 atom stereocenters. The smallest absolute Gasteiger partial charge is 0.201 e. The van der Waals surface area contributed by atoms with Gasteiger partial charge in [0.05, 0.1) is 31.2 Å². The Labute approximate surface area is 160 Å². The van der Waals surface area contributed by atoms with Gasteiger partial charge in [-0.1, -0.05) is 45.1 Å². The van der Waals surface area contributed by atoms with Gasteiger partial charge in [0.1, 0.15) is 0 Å². The maximum Gasteiger partial charge on any atom is 0.201 e. The van der Waals surface area contributed by atoms with Gasteiger partial charge >= 0.3 is 0 Å². The van der Waals surface area contributed by atoms with Crippen molar-refractivity contribution >= 4 is 0 Å². The lowest BCUT2D eigenvalue weighted by atomic mass is 10.0. The fourth-order valence-corrected chi connectivity index (χ4v) is 3.33. The number of hydrogen-bond donors (Lipinski definition) is 0. The van der Waals surface area contributed by atoms with Gasteiger partial charge < -0.3 is 23.7 Å². The highest BCUT2D eigenvalue weighted by Gasteiger charge is 2.31. The summed E-state index contributed by atoms with van der Waals surface area (Å²) in [6, 6.07) is 0. The van der Waals surface area contributed by atoms with Crippen molar-refractivity contribution in [3.8, 4) is 0 Å². The fourth-order valence-electron chi connectivity index (χ4n) is 3.33. The molecule has 0 aromatic rings. The Morgan fingerprint density at radius 3 is 2.58 bits per heavy atom. The van der Waals surface area contributed by atoms with Gasteiger partial charge in [-0.15, -0.1) is 0 Å². The molecule has 0 aromatic heterocycles. The van der Waals surface area contributed by atoms with Crippen LogP contribution in [0.4, 0.5) is 0 Å². The third kappa shape index (κ3) is 10.5. The first-order valence-electron chi connectivity index (χ1n) is 10.3. The summed E-state index contributed by atoms with van der Waals surface area (Å²) in [6.45, 7) is 5.45. The second-order valence-corrected chi connectivity index (χ2v) is 7.06. The summed E-state index contributed by atoms with van der Waals surface area (Å²) >= 11 is 0. The third-order valence-corrected chi connectivity index (χ3v) is 4.80. The van der Waals surface area contributed by atoms with E-state index in [1.807, 2.05) is 13.0 Å². The number of methoxy groups -OCH3 is 2. The van der Waals surface area contributed by atoms with Crippen molar-refractivity contribution in [2.75, 3.05) is 27.4 Å². The summed E-state index contributed by atoms with van der Waals surface area (Å²) in [4.78, 5) is 0. The van der Waals surface area contributed by atoms with E-state index >= 15 is 0 Å². The molecular weight excluding hydrogens is 332 g/mol. The molecule has 26 heavy (non-hydrogen) atoms. The standard InChI is InChI=1S/C21H40O5/c1-5-7-8-9-10-11-18(23-4)12-14-24-19-15-20(17-22-3)26-21(16-19)25-13-6-2/h6,13,18-21H,5,7-12,14-17H2,1-4H3/b13-6-/t18?,19?,20?,21-/m0/s1. The van der Waals surface area contributed by atoms with E-state index < -0.39 is 0 Å². The van der Waals surface area contributed by atoms with Gasteiger partial charge in [-0.05, 0) is 19.8 Å². The summed E-state index contributed by atoms with van der Waals surface area (Å²) in [5, 5.41) is 0. The van der Waals surface area contributed by atoms with Crippen molar-refractivity contribution in [1.82, 2.24) is 0 Å². The predicted octanol–water partition coefficient (Wildman–Crippen LogP) is 4.84. The molecule has 0 amide bonds. The molecule has 1 fully saturated rings. The molecule has 3 unspecified atom stereocenters. The highest BCUT2D eigenvalue weighted by Crippen LogP contribution is 2.24. The number of ether oxygens (including phenoxy) is 5. The van der Waals surface area contributed by atoms with Gasteiger partial charge in [0, 0.05) is 33.7 Å². The summed E-state index contributed by atoms with van der Waals surface area (Å²) in [7, 11) is 3.50. The molecule has 5 heteroatoms. The lowest BCUT2D eigenvalue weighted by Crippen LogP contribution is -2.40. The minimum atomic E-state index is -0.262. The molecule has 0 aliphatic carbocycles. The van der Waals surface area contributed by atoms with E-state index in [-0.39, 0.29) is 18.5 Å². The van der Waals surface area contributed by atoms with E-state index in [0.717, 1.165) is 25.7 Å². The highest BCUT2D eigenvalue weighted by atomic mass is 16.7. The van der Waals surface area contributed by atoms with Gasteiger partial charge in [0.2, 0.25) is 6.29 Å². The molecule has 0 bridgehead atoms. The van der Waals surface area contributed by atoms with E-state index in [4.69, 9.17) is 23.7 Å². The Bertz CT molecular complexity index is 347. The molecule has 0 saturated carbocycles. The molecule has 1 rings (SSSR count). The average molecular weight is 373 g/mol. The van der Waals surface area contributed by atoms with Crippen LogP contribution in [0.2, 0.25) is 0 Å². The van der Waals surface area contributed by atoms with Crippen LogP contribution in [0, 0.1) is 0 Å². The molecule has 0 N–H and O–H groups in total. The minimum absolute atomic E-state index is 0.0193. The Morgan fingerprint density at radius 2 is 1.88 bits per heavy atom. The Morgan fingerprint density at radius 1 is 1.08 bits per heavy atom. The van der Waals surface area contributed by atoms with Crippen LogP contribution in [0.1, 0.15) is 71.6 Å². The molecule has 0 radical (unpaired) electrons. The lowest BCUT2D eigenvalue weighted by molar-refractivity contribution is -0.210. The molecule has 1 aliphatic rings. The maximum atomic E-state index is 6.13. The van der Waals surface area contributed by atoms with Crippen molar-refractivity contribution in [2.45, 2.75) is 96.2 Å². The molecule has 0 aromatic carbocycles. The quantitative estimate of drug-likeness (QED) is 0.304. The number of allylic oxidation sites excluding steroid dienone is 1. The zero-order valence-electron chi connectivity index (χ0n) is 17.3. The zero-order chi connectivity index (χ0) is 19.0. The van der Waals surface area contributed by atoms with Crippen LogP contribution in [0.15, 0.2) is 12.3 Å². The SMILES string of the molecule is C/C=C\O[C@@H]1CC(OCCC(CCCCCCC)OC)CC(COC)O1. The fraction of sp³-hybridized carbons (Fsp3) is 0.905. The van der Waals surface area contributed by atoms with Crippen molar-refractivity contribution in [3.63, 3.8) is 0 Å². The second-order valence-electron chi connectivity index (χ2n) is 7.06. The van der Waals surface area contributed by atoms with Crippen molar-refractivity contribution in [2.24, 2.45) is 0 Å². The molecule has 5 nitrogen and oxygen atoms in total. The number of unbranched alkanes of at least 4 members (excludes halogenated alkanes) is 4. The van der Waals surface area contributed by atoms with Crippen LogP contribution in [0.3, 0.4) is 0 Å². The normalized spacial score (nSPS) is 24.8. The Kier molecular flexibility index (Phi) is 13.9. The van der Waals surface area contributed by atoms with Gasteiger partial charge in [0.25, 0.3) is 0 Å². The molecular formula is C21H40O5. The summed E-state index contributed by atoms with van der Waals surface area (Å²) < 4.78 is 28.5. The van der Waals surface area contributed by atoms with Gasteiger partial charge in [0.15, 0.2) is 0 Å². The van der Waals surface area contributed by atoms with E-state index in [1.165, 1.54) is 32.1 Å². The van der Waals surface area contributed by atoms with Gasteiger partial charge in [-0.2, -0.15) is 0 Å². The van der Waals surface area contributed by atoms with E-state index in [9.17, 15) is 0 Å². The first-order valence-corrected chi connectivity index (χ1v) is 10.3. The molecule has 1 heterocycles. The number of hydrogen-bond acceptors (Lipinski definition) is 5. The average Bonchev–Trinajstić information content (AvgIpc) is 2.65. The van der Waals surface area contributed by atoms with Gasteiger partial charge in [-0.25, -0.2) is 0 Å². The Hall–Kier alpha value is -0.620. The van der Waals surface area contributed by atoms with Crippen LogP contribution in [-0.4, -0.2) is 52.0 Å². The van der Waals surface area contributed by atoms with E-state index in [0.29, 0.717) is 19.3 Å². The largest absolute Gasteiger partial charge is 0.473 e. The first-order chi connectivity index (χ1) is 12.7. The number of rotatable bonds is 15. The van der Waals surface area contributed by atoms with Crippen molar-refractivity contribution in [1.29, 1.82) is 0 Å². The first kappa shape index (κ1) is 23.4. The molecule has 1 aliphatic heterocycles.